The molecule has 1 aliphatic carbocycles. The zero-order valence-electron chi connectivity index (χ0n) is 17.9. The SMILES string of the molecule is COc1ccc(C(=O)N2CCCC2Cc2ccccc2)cc1S(=O)(=O)NC1CCCC1. The van der Waals surface area contributed by atoms with Crippen molar-refractivity contribution in [2.75, 3.05) is 13.7 Å². The minimum absolute atomic E-state index is 0.0338. The first-order valence-electron chi connectivity index (χ1n) is 11.0. The lowest BCUT2D eigenvalue weighted by molar-refractivity contribution is 0.0736. The summed E-state index contributed by atoms with van der Waals surface area (Å²) in [6.07, 6.45) is 6.45. The molecule has 0 spiro atoms. The first-order chi connectivity index (χ1) is 15.0. The van der Waals surface area contributed by atoms with E-state index in [2.05, 4.69) is 16.9 Å². The van der Waals surface area contributed by atoms with Gasteiger partial charge in [-0.05, 0) is 55.9 Å². The summed E-state index contributed by atoms with van der Waals surface area (Å²) >= 11 is 0. The minimum Gasteiger partial charge on any atom is -0.495 e. The van der Waals surface area contributed by atoms with Crippen LogP contribution in [0.25, 0.3) is 0 Å². The van der Waals surface area contributed by atoms with Crippen molar-refractivity contribution in [3.05, 3.63) is 59.7 Å². The van der Waals surface area contributed by atoms with Crippen LogP contribution in [0.15, 0.2) is 53.4 Å². The van der Waals surface area contributed by atoms with Gasteiger partial charge in [0.25, 0.3) is 5.91 Å². The third-order valence-corrected chi connectivity index (χ3v) is 7.87. The van der Waals surface area contributed by atoms with Crippen LogP contribution in [0.3, 0.4) is 0 Å². The normalized spacial score (nSPS) is 19.6. The quantitative estimate of drug-likeness (QED) is 0.708. The summed E-state index contributed by atoms with van der Waals surface area (Å²) in [4.78, 5) is 15.3. The van der Waals surface area contributed by atoms with Crippen LogP contribution in [-0.4, -0.2) is 45.0 Å². The number of sulfonamides is 1. The monoisotopic (exact) mass is 442 g/mol. The summed E-state index contributed by atoms with van der Waals surface area (Å²) in [6.45, 7) is 0.685. The molecule has 1 atom stereocenters. The molecule has 1 aliphatic heterocycles. The first kappa shape index (κ1) is 21.8. The molecule has 1 saturated heterocycles. The third-order valence-electron chi connectivity index (χ3n) is 6.33. The highest BCUT2D eigenvalue weighted by Crippen LogP contribution is 2.29. The number of hydrogen-bond acceptors (Lipinski definition) is 4. The number of nitrogens with zero attached hydrogens (tertiary/aromatic N) is 1. The molecule has 2 aromatic rings. The lowest BCUT2D eigenvalue weighted by Crippen LogP contribution is -2.37. The van der Waals surface area contributed by atoms with Gasteiger partial charge in [0, 0.05) is 24.2 Å². The van der Waals surface area contributed by atoms with E-state index in [-0.39, 0.29) is 28.6 Å². The maximum Gasteiger partial charge on any atom is 0.254 e. The zero-order valence-corrected chi connectivity index (χ0v) is 18.7. The lowest BCUT2D eigenvalue weighted by atomic mass is 10.0. The van der Waals surface area contributed by atoms with E-state index in [0.717, 1.165) is 44.9 Å². The number of likely N-dealkylation sites (tertiary alicyclic amines) is 1. The molecule has 1 amide bonds. The van der Waals surface area contributed by atoms with Gasteiger partial charge < -0.3 is 9.64 Å². The number of methoxy groups -OCH3 is 1. The molecule has 0 aromatic heterocycles. The first-order valence-corrected chi connectivity index (χ1v) is 12.5. The maximum absolute atomic E-state index is 13.3. The van der Waals surface area contributed by atoms with E-state index >= 15 is 0 Å². The van der Waals surface area contributed by atoms with E-state index < -0.39 is 10.0 Å². The summed E-state index contributed by atoms with van der Waals surface area (Å²) in [5, 5.41) is 0. The average Bonchev–Trinajstić information content (AvgIpc) is 3.45. The third kappa shape index (κ3) is 4.93. The number of carbonyl (C=O) groups excluding carboxylic acids is 1. The maximum atomic E-state index is 13.3. The molecule has 6 nitrogen and oxygen atoms in total. The molecule has 2 fully saturated rings. The van der Waals surface area contributed by atoms with Crippen molar-refractivity contribution in [2.24, 2.45) is 0 Å². The van der Waals surface area contributed by atoms with E-state index in [1.807, 2.05) is 23.1 Å². The molecule has 1 unspecified atom stereocenters. The molecule has 0 bridgehead atoms. The Hall–Kier alpha value is -2.38. The summed E-state index contributed by atoms with van der Waals surface area (Å²) in [6, 6.07) is 14.9. The van der Waals surface area contributed by atoms with Gasteiger partial charge in [-0.1, -0.05) is 43.2 Å². The van der Waals surface area contributed by atoms with Crippen LogP contribution < -0.4 is 9.46 Å². The van der Waals surface area contributed by atoms with Crippen molar-refractivity contribution in [3.8, 4) is 5.75 Å². The van der Waals surface area contributed by atoms with Gasteiger partial charge in [0.1, 0.15) is 10.6 Å². The molecule has 4 rings (SSSR count). The predicted octanol–water partition coefficient (Wildman–Crippen LogP) is 3.76. The van der Waals surface area contributed by atoms with Crippen LogP contribution in [0.4, 0.5) is 0 Å². The van der Waals surface area contributed by atoms with Gasteiger partial charge in [0.2, 0.25) is 10.0 Å². The number of rotatable bonds is 7. The largest absolute Gasteiger partial charge is 0.495 e. The van der Waals surface area contributed by atoms with Crippen molar-refractivity contribution >= 4 is 15.9 Å². The lowest BCUT2D eigenvalue weighted by Gasteiger charge is -2.25. The van der Waals surface area contributed by atoms with Gasteiger partial charge in [-0.3, -0.25) is 4.79 Å². The van der Waals surface area contributed by atoms with Crippen molar-refractivity contribution in [2.45, 2.75) is 61.9 Å². The summed E-state index contributed by atoms with van der Waals surface area (Å²) < 4.78 is 34.2. The standard InChI is InChI=1S/C24H30N2O4S/c1-30-22-14-13-19(17-23(22)31(28,29)25-20-10-5-6-11-20)24(27)26-15-7-12-21(26)16-18-8-3-2-4-9-18/h2-4,8-9,13-14,17,20-21,25H,5-7,10-12,15-16H2,1H3. The van der Waals surface area contributed by atoms with Crippen molar-refractivity contribution in [3.63, 3.8) is 0 Å². The highest BCUT2D eigenvalue weighted by atomic mass is 32.2. The van der Waals surface area contributed by atoms with Crippen molar-refractivity contribution in [1.82, 2.24) is 9.62 Å². The zero-order chi connectivity index (χ0) is 21.8. The molecule has 1 N–H and O–H groups in total. The fraction of sp³-hybridized carbons (Fsp3) is 0.458. The Morgan fingerprint density at radius 1 is 1.06 bits per heavy atom. The van der Waals surface area contributed by atoms with Gasteiger partial charge in [0.15, 0.2) is 0 Å². The van der Waals surface area contributed by atoms with Crippen molar-refractivity contribution < 1.29 is 17.9 Å². The van der Waals surface area contributed by atoms with Crippen LogP contribution in [0.5, 0.6) is 5.75 Å². The fourth-order valence-corrected chi connectivity index (χ4v) is 6.21. The molecule has 1 saturated carbocycles. The highest BCUT2D eigenvalue weighted by Gasteiger charge is 2.31. The Kier molecular flexibility index (Phi) is 6.62. The molecular weight excluding hydrogens is 412 g/mol. The Morgan fingerprint density at radius 2 is 1.81 bits per heavy atom. The minimum atomic E-state index is -3.77. The molecule has 166 valence electrons. The molecule has 2 aliphatic rings. The second-order valence-corrected chi connectivity index (χ2v) is 10.1. The van der Waals surface area contributed by atoms with E-state index in [4.69, 9.17) is 4.74 Å². The molecule has 7 heteroatoms. The number of carbonyl (C=O) groups is 1. The fourth-order valence-electron chi connectivity index (χ4n) is 4.71. The van der Waals surface area contributed by atoms with E-state index in [1.54, 1.807) is 12.1 Å². The van der Waals surface area contributed by atoms with Crippen LogP contribution in [-0.2, 0) is 16.4 Å². The summed E-state index contributed by atoms with van der Waals surface area (Å²) in [5.74, 6) is 0.128. The van der Waals surface area contributed by atoms with Gasteiger partial charge in [-0.25, -0.2) is 13.1 Å². The molecule has 0 radical (unpaired) electrons. The smallest absolute Gasteiger partial charge is 0.254 e. The van der Waals surface area contributed by atoms with Crippen molar-refractivity contribution in [1.29, 1.82) is 0 Å². The van der Waals surface area contributed by atoms with Gasteiger partial charge in [-0.15, -0.1) is 0 Å². The van der Waals surface area contributed by atoms with Crippen LogP contribution in [0.2, 0.25) is 0 Å². The van der Waals surface area contributed by atoms with Crippen LogP contribution in [0.1, 0.15) is 54.4 Å². The molecule has 1 heterocycles. The highest BCUT2D eigenvalue weighted by molar-refractivity contribution is 7.89. The summed E-state index contributed by atoms with van der Waals surface area (Å²) in [7, 11) is -2.33. The number of nitrogens with one attached hydrogen (secondary N) is 1. The number of amides is 1. The van der Waals surface area contributed by atoms with E-state index in [9.17, 15) is 13.2 Å². The molecular formula is C24H30N2O4S. The molecule has 2 aromatic carbocycles. The predicted molar refractivity (Wildman–Crippen MR) is 120 cm³/mol. The Labute approximate surface area is 184 Å². The second-order valence-electron chi connectivity index (χ2n) is 8.45. The number of ether oxygens (including phenoxy) is 1. The Bertz CT molecular complexity index is 1020. The van der Waals surface area contributed by atoms with Gasteiger partial charge in [-0.2, -0.15) is 0 Å². The Balaban J connectivity index is 1.57. The topological polar surface area (TPSA) is 75.7 Å². The second kappa shape index (κ2) is 9.40. The summed E-state index contributed by atoms with van der Waals surface area (Å²) in [5.41, 5.74) is 1.58. The van der Waals surface area contributed by atoms with E-state index in [1.165, 1.54) is 18.7 Å². The number of benzene rings is 2. The van der Waals surface area contributed by atoms with Crippen LogP contribution in [0, 0.1) is 0 Å². The van der Waals surface area contributed by atoms with Gasteiger partial charge in [0.05, 0.1) is 7.11 Å². The van der Waals surface area contributed by atoms with E-state index in [0.29, 0.717) is 12.1 Å². The van der Waals surface area contributed by atoms with Crippen LogP contribution >= 0.6 is 0 Å². The van der Waals surface area contributed by atoms with Gasteiger partial charge >= 0.3 is 0 Å². The number of hydrogen-bond donors (Lipinski definition) is 1. The molecule has 31 heavy (non-hydrogen) atoms. The Morgan fingerprint density at radius 3 is 2.52 bits per heavy atom. The average molecular weight is 443 g/mol.